The minimum Gasteiger partial charge on any atom is -0.454 e. The van der Waals surface area contributed by atoms with Gasteiger partial charge in [0.15, 0.2) is 16.7 Å². The lowest BCUT2D eigenvalue weighted by Gasteiger charge is -2.20. The molecule has 35 heavy (non-hydrogen) atoms. The normalized spacial score (nSPS) is 16.4. The highest BCUT2D eigenvalue weighted by Crippen LogP contribution is 2.35. The number of ether oxygens (including phenoxy) is 2. The van der Waals surface area contributed by atoms with Crippen molar-refractivity contribution >= 4 is 46.2 Å². The molecule has 2 heterocycles. The molecule has 0 saturated heterocycles. The molecular weight excluding hydrogens is 462 g/mol. The second-order valence-electron chi connectivity index (χ2n) is 8.13. The Labute approximate surface area is 207 Å². The van der Waals surface area contributed by atoms with Crippen LogP contribution in [-0.2, 0) is 9.59 Å². The average molecular weight is 486 g/mol. The highest BCUT2D eigenvalue weighted by molar-refractivity contribution is 8.15. The summed E-state index contributed by atoms with van der Waals surface area (Å²) in [7, 11) is 0. The number of rotatable bonds is 5. The van der Waals surface area contributed by atoms with Crippen molar-refractivity contribution < 1.29 is 19.1 Å². The van der Waals surface area contributed by atoms with Crippen LogP contribution in [-0.4, -0.2) is 29.0 Å². The molecule has 0 spiro atoms. The van der Waals surface area contributed by atoms with E-state index in [2.05, 4.69) is 10.3 Å². The van der Waals surface area contributed by atoms with Gasteiger partial charge < -0.3 is 14.8 Å². The number of aliphatic imine (C=N–C) groups is 1. The second kappa shape index (κ2) is 9.68. The summed E-state index contributed by atoms with van der Waals surface area (Å²) < 4.78 is 10.8. The van der Waals surface area contributed by atoms with E-state index in [0.29, 0.717) is 28.0 Å². The maximum atomic E-state index is 13.5. The molecule has 2 aliphatic rings. The SMILES string of the molecule is Cc1ccc(N2C(=O)/C(=C/c3ccc4c(c3)OCO4)N=C2SC(C)C(=O)Nc2ccccc2)cc1. The van der Waals surface area contributed by atoms with Gasteiger partial charge in [-0.3, -0.25) is 14.5 Å². The number of benzene rings is 3. The molecule has 8 heteroatoms. The third-order valence-corrected chi connectivity index (χ3v) is 6.57. The zero-order chi connectivity index (χ0) is 24.4. The number of carbonyl (C=O) groups excluding carboxylic acids is 2. The number of fused-ring (bicyclic) bond motifs is 1. The van der Waals surface area contributed by atoms with Crippen LogP contribution in [0.15, 0.2) is 83.5 Å². The first-order chi connectivity index (χ1) is 17.0. The molecule has 3 aromatic rings. The Balaban J connectivity index is 1.43. The van der Waals surface area contributed by atoms with Crippen LogP contribution in [0.2, 0.25) is 0 Å². The van der Waals surface area contributed by atoms with Crippen molar-refractivity contribution in [1.82, 2.24) is 0 Å². The van der Waals surface area contributed by atoms with Gasteiger partial charge in [0.2, 0.25) is 12.7 Å². The number of carbonyl (C=O) groups is 2. The van der Waals surface area contributed by atoms with Crippen molar-refractivity contribution in [2.45, 2.75) is 19.1 Å². The molecule has 176 valence electrons. The smallest absolute Gasteiger partial charge is 0.283 e. The molecule has 2 amide bonds. The molecule has 2 aliphatic heterocycles. The van der Waals surface area contributed by atoms with Crippen LogP contribution in [0.4, 0.5) is 11.4 Å². The van der Waals surface area contributed by atoms with E-state index in [1.807, 2.05) is 73.7 Å². The summed E-state index contributed by atoms with van der Waals surface area (Å²) in [6.45, 7) is 3.96. The highest BCUT2D eigenvalue weighted by atomic mass is 32.2. The lowest BCUT2D eigenvalue weighted by molar-refractivity contribution is -0.115. The van der Waals surface area contributed by atoms with Gasteiger partial charge in [-0.25, -0.2) is 4.99 Å². The van der Waals surface area contributed by atoms with E-state index in [0.717, 1.165) is 11.1 Å². The van der Waals surface area contributed by atoms with Gasteiger partial charge in [-0.2, -0.15) is 0 Å². The van der Waals surface area contributed by atoms with Gasteiger partial charge in [-0.05, 0) is 61.9 Å². The lowest BCUT2D eigenvalue weighted by Crippen LogP contribution is -2.33. The highest BCUT2D eigenvalue weighted by Gasteiger charge is 2.34. The molecule has 0 aliphatic carbocycles. The summed E-state index contributed by atoms with van der Waals surface area (Å²) in [5, 5.41) is 2.86. The van der Waals surface area contributed by atoms with E-state index < -0.39 is 5.25 Å². The summed E-state index contributed by atoms with van der Waals surface area (Å²) >= 11 is 1.24. The van der Waals surface area contributed by atoms with E-state index in [4.69, 9.17) is 9.47 Å². The molecule has 0 fully saturated rings. The fourth-order valence-corrected chi connectivity index (χ4v) is 4.56. The Morgan fingerprint density at radius 3 is 2.57 bits per heavy atom. The van der Waals surface area contributed by atoms with Crippen LogP contribution in [0.25, 0.3) is 6.08 Å². The van der Waals surface area contributed by atoms with Crippen LogP contribution in [0.3, 0.4) is 0 Å². The number of nitrogens with zero attached hydrogens (tertiary/aromatic N) is 2. The Hall–Kier alpha value is -4.04. The summed E-state index contributed by atoms with van der Waals surface area (Å²) in [4.78, 5) is 32.5. The first-order valence-corrected chi connectivity index (χ1v) is 12.0. The van der Waals surface area contributed by atoms with Crippen LogP contribution in [0.1, 0.15) is 18.1 Å². The van der Waals surface area contributed by atoms with E-state index >= 15 is 0 Å². The molecule has 0 aromatic heterocycles. The van der Waals surface area contributed by atoms with Gasteiger partial charge in [0.05, 0.1) is 10.9 Å². The molecular formula is C27H23N3O4S. The van der Waals surface area contributed by atoms with Crippen LogP contribution < -0.4 is 19.7 Å². The minimum absolute atomic E-state index is 0.173. The van der Waals surface area contributed by atoms with Gasteiger partial charge >= 0.3 is 0 Å². The summed E-state index contributed by atoms with van der Waals surface area (Å²) in [5.41, 5.74) is 3.54. The van der Waals surface area contributed by atoms with Gasteiger partial charge in [-0.1, -0.05) is 53.7 Å². The van der Waals surface area contributed by atoms with Gasteiger partial charge in [0, 0.05) is 5.69 Å². The molecule has 5 rings (SSSR count). The number of thioether (sulfide) groups is 1. The van der Waals surface area contributed by atoms with E-state index in [9.17, 15) is 9.59 Å². The summed E-state index contributed by atoms with van der Waals surface area (Å²) in [5.74, 6) is 0.868. The number of amidine groups is 1. The quantitative estimate of drug-likeness (QED) is 0.501. The number of para-hydroxylation sites is 1. The Kier molecular flexibility index (Phi) is 6.29. The standard InChI is InChI=1S/C27H23N3O4S/c1-17-8-11-21(12-9-17)30-26(32)22(14-19-10-13-23-24(15-19)34-16-33-23)29-27(30)35-18(2)25(31)28-20-6-4-3-5-7-20/h3-15,18H,16H2,1-2H3,(H,28,31)/b22-14-. The molecule has 0 bridgehead atoms. The van der Waals surface area contributed by atoms with Crippen molar-refractivity contribution in [2.75, 3.05) is 17.0 Å². The molecule has 1 N–H and O–H groups in total. The Morgan fingerprint density at radius 2 is 1.80 bits per heavy atom. The summed E-state index contributed by atoms with van der Waals surface area (Å²) in [6.07, 6.45) is 1.72. The van der Waals surface area contributed by atoms with Crippen molar-refractivity contribution in [2.24, 2.45) is 4.99 Å². The molecule has 0 radical (unpaired) electrons. The number of hydrogen-bond acceptors (Lipinski definition) is 6. The Morgan fingerprint density at radius 1 is 1.06 bits per heavy atom. The first kappa shape index (κ1) is 22.7. The average Bonchev–Trinajstić information content (AvgIpc) is 3.44. The zero-order valence-electron chi connectivity index (χ0n) is 19.2. The molecule has 7 nitrogen and oxygen atoms in total. The van der Waals surface area contributed by atoms with Crippen LogP contribution in [0.5, 0.6) is 11.5 Å². The lowest BCUT2D eigenvalue weighted by atomic mass is 10.1. The molecule has 1 unspecified atom stereocenters. The number of aryl methyl sites for hydroxylation is 1. The molecule has 0 saturated carbocycles. The van der Waals surface area contributed by atoms with Crippen LogP contribution >= 0.6 is 11.8 Å². The maximum absolute atomic E-state index is 13.5. The third-order valence-electron chi connectivity index (χ3n) is 5.51. The topological polar surface area (TPSA) is 80.2 Å². The van der Waals surface area contributed by atoms with Crippen molar-refractivity contribution in [3.05, 3.63) is 89.6 Å². The van der Waals surface area contributed by atoms with Gasteiger partial charge in [0.25, 0.3) is 5.91 Å². The summed E-state index contributed by atoms with van der Waals surface area (Å²) in [6, 6.07) is 22.4. The van der Waals surface area contributed by atoms with Crippen molar-refractivity contribution in [1.29, 1.82) is 0 Å². The Bertz CT molecular complexity index is 1340. The van der Waals surface area contributed by atoms with Crippen molar-refractivity contribution in [3.63, 3.8) is 0 Å². The monoisotopic (exact) mass is 485 g/mol. The van der Waals surface area contributed by atoms with Gasteiger partial charge in [-0.15, -0.1) is 0 Å². The van der Waals surface area contributed by atoms with E-state index in [1.165, 1.54) is 11.8 Å². The van der Waals surface area contributed by atoms with E-state index in [-0.39, 0.29) is 24.3 Å². The fraction of sp³-hybridized carbons (Fsp3) is 0.148. The van der Waals surface area contributed by atoms with E-state index in [1.54, 1.807) is 24.0 Å². The zero-order valence-corrected chi connectivity index (χ0v) is 20.0. The maximum Gasteiger partial charge on any atom is 0.283 e. The third kappa shape index (κ3) is 4.93. The predicted molar refractivity (Wildman–Crippen MR) is 139 cm³/mol. The number of hydrogen-bond donors (Lipinski definition) is 1. The first-order valence-electron chi connectivity index (χ1n) is 11.1. The van der Waals surface area contributed by atoms with Crippen molar-refractivity contribution in [3.8, 4) is 11.5 Å². The predicted octanol–water partition coefficient (Wildman–Crippen LogP) is 5.23. The number of anilines is 2. The molecule has 3 aromatic carbocycles. The minimum atomic E-state index is -0.486. The second-order valence-corrected chi connectivity index (χ2v) is 9.44. The molecule has 1 atom stereocenters. The number of nitrogens with one attached hydrogen (secondary N) is 1. The fourth-order valence-electron chi connectivity index (χ4n) is 3.63. The van der Waals surface area contributed by atoms with Gasteiger partial charge in [0.1, 0.15) is 5.70 Å². The number of amides is 2. The largest absolute Gasteiger partial charge is 0.454 e. The van der Waals surface area contributed by atoms with Crippen LogP contribution in [0, 0.1) is 6.92 Å².